The van der Waals surface area contributed by atoms with Gasteiger partial charge in [-0.2, -0.15) is 5.26 Å². The van der Waals surface area contributed by atoms with E-state index in [-0.39, 0.29) is 0 Å². The zero-order valence-electron chi connectivity index (χ0n) is 10.4. The number of benzene rings is 2. The van der Waals surface area contributed by atoms with Crippen molar-refractivity contribution in [2.45, 2.75) is 20.0 Å². The molecular formula is C16H15NO. The van der Waals surface area contributed by atoms with Gasteiger partial charge in [0.25, 0.3) is 0 Å². The van der Waals surface area contributed by atoms with Crippen LogP contribution >= 0.6 is 0 Å². The lowest BCUT2D eigenvalue weighted by Gasteiger charge is -2.07. The molecule has 0 heterocycles. The Morgan fingerprint density at radius 2 is 1.56 bits per heavy atom. The summed E-state index contributed by atoms with van der Waals surface area (Å²) >= 11 is 0. The number of nitrogens with zero attached hydrogens (tertiary/aromatic N) is 1. The summed E-state index contributed by atoms with van der Waals surface area (Å²) in [6.07, 6.45) is 1.04. The van der Waals surface area contributed by atoms with Gasteiger partial charge in [0.1, 0.15) is 12.4 Å². The molecule has 2 rings (SSSR count). The number of ether oxygens (including phenoxy) is 1. The molecule has 0 aliphatic carbocycles. The minimum atomic E-state index is 0.525. The Kier molecular flexibility index (Phi) is 3.98. The summed E-state index contributed by atoms with van der Waals surface area (Å²) in [4.78, 5) is 0. The maximum absolute atomic E-state index is 8.70. The summed E-state index contributed by atoms with van der Waals surface area (Å²) in [5, 5.41) is 8.70. The second-order valence-corrected chi connectivity index (χ2v) is 4.09. The van der Waals surface area contributed by atoms with E-state index in [1.54, 1.807) is 12.1 Å². The molecule has 0 saturated carbocycles. The molecule has 2 nitrogen and oxygen atoms in total. The number of nitriles is 1. The van der Waals surface area contributed by atoms with Gasteiger partial charge in [-0.15, -0.1) is 0 Å². The highest BCUT2D eigenvalue weighted by Crippen LogP contribution is 2.14. The summed E-state index contributed by atoms with van der Waals surface area (Å²) in [6, 6.07) is 17.7. The quantitative estimate of drug-likeness (QED) is 0.812. The Balaban J connectivity index is 1.95. The molecule has 0 fully saturated rings. The molecule has 2 heteroatoms. The number of hydrogen-bond acceptors (Lipinski definition) is 2. The van der Waals surface area contributed by atoms with Crippen LogP contribution in [0.5, 0.6) is 5.75 Å². The highest BCUT2D eigenvalue weighted by atomic mass is 16.5. The third-order valence-corrected chi connectivity index (χ3v) is 2.82. The van der Waals surface area contributed by atoms with E-state index in [0.29, 0.717) is 12.2 Å². The monoisotopic (exact) mass is 237 g/mol. The van der Waals surface area contributed by atoms with Crippen LogP contribution in [0.4, 0.5) is 0 Å². The zero-order valence-corrected chi connectivity index (χ0v) is 10.4. The fraction of sp³-hybridized carbons (Fsp3) is 0.188. The highest BCUT2D eigenvalue weighted by Gasteiger charge is 1.97. The van der Waals surface area contributed by atoms with E-state index in [1.165, 1.54) is 5.56 Å². The van der Waals surface area contributed by atoms with Crippen LogP contribution < -0.4 is 4.74 Å². The Bertz CT molecular complexity index is 535. The predicted molar refractivity (Wildman–Crippen MR) is 71.3 cm³/mol. The van der Waals surface area contributed by atoms with Gasteiger partial charge in [-0.3, -0.25) is 0 Å². The molecule has 0 aliphatic rings. The lowest BCUT2D eigenvalue weighted by molar-refractivity contribution is 0.306. The van der Waals surface area contributed by atoms with Gasteiger partial charge in [-0.1, -0.05) is 31.2 Å². The number of hydrogen-bond donors (Lipinski definition) is 0. The van der Waals surface area contributed by atoms with Gasteiger partial charge in [-0.25, -0.2) is 0 Å². The Morgan fingerprint density at radius 3 is 2.11 bits per heavy atom. The number of rotatable bonds is 4. The minimum absolute atomic E-state index is 0.525. The smallest absolute Gasteiger partial charge is 0.119 e. The molecule has 0 atom stereocenters. The topological polar surface area (TPSA) is 33.0 Å². The van der Waals surface area contributed by atoms with E-state index in [9.17, 15) is 0 Å². The van der Waals surface area contributed by atoms with E-state index < -0.39 is 0 Å². The fourth-order valence-corrected chi connectivity index (χ4v) is 1.66. The van der Waals surface area contributed by atoms with Crippen molar-refractivity contribution in [3.8, 4) is 11.8 Å². The minimum Gasteiger partial charge on any atom is -0.489 e. The second-order valence-electron chi connectivity index (χ2n) is 4.09. The van der Waals surface area contributed by atoms with E-state index >= 15 is 0 Å². The third kappa shape index (κ3) is 3.11. The normalized spacial score (nSPS) is 9.78. The maximum atomic E-state index is 8.70. The van der Waals surface area contributed by atoms with E-state index in [2.05, 4.69) is 25.1 Å². The molecule has 0 saturated heterocycles. The van der Waals surface area contributed by atoms with Gasteiger partial charge in [0.2, 0.25) is 0 Å². The molecule has 18 heavy (non-hydrogen) atoms. The zero-order chi connectivity index (χ0) is 12.8. The summed E-state index contributed by atoms with van der Waals surface area (Å²) in [5.41, 5.74) is 3.04. The number of aryl methyl sites for hydroxylation is 1. The molecule has 0 bridgehead atoms. The van der Waals surface area contributed by atoms with Crippen LogP contribution in [0, 0.1) is 11.3 Å². The van der Waals surface area contributed by atoms with Gasteiger partial charge < -0.3 is 4.74 Å². The first-order valence-corrected chi connectivity index (χ1v) is 6.02. The summed E-state index contributed by atoms with van der Waals surface area (Å²) in [5.74, 6) is 0.872. The average Bonchev–Trinajstić information content (AvgIpc) is 2.46. The molecule has 0 aromatic heterocycles. The van der Waals surface area contributed by atoms with Crippen molar-refractivity contribution < 1.29 is 4.74 Å². The molecule has 2 aromatic carbocycles. The molecule has 0 spiro atoms. The standard InChI is InChI=1S/C16H15NO/c1-2-13-7-9-16(10-8-13)18-12-15-5-3-14(11-17)4-6-15/h3-10H,2,12H2,1H3. The fourth-order valence-electron chi connectivity index (χ4n) is 1.66. The molecule has 0 aliphatic heterocycles. The van der Waals surface area contributed by atoms with Crippen molar-refractivity contribution in [2.24, 2.45) is 0 Å². The molecular weight excluding hydrogens is 222 g/mol. The Hall–Kier alpha value is -2.27. The third-order valence-electron chi connectivity index (χ3n) is 2.82. The van der Waals surface area contributed by atoms with Crippen molar-refractivity contribution in [1.82, 2.24) is 0 Å². The Labute approximate surface area is 107 Å². The molecule has 0 radical (unpaired) electrons. The maximum Gasteiger partial charge on any atom is 0.119 e. The second kappa shape index (κ2) is 5.88. The van der Waals surface area contributed by atoms with Crippen LogP contribution in [-0.2, 0) is 13.0 Å². The summed E-state index contributed by atoms with van der Waals surface area (Å²) in [6.45, 7) is 2.66. The SMILES string of the molecule is CCc1ccc(OCc2ccc(C#N)cc2)cc1. The lowest BCUT2D eigenvalue weighted by atomic mass is 10.1. The first-order valence-electron chi connectivity index (χ1n) is 6.02. The van der Waals surface area contributed by atoms with Crippen LogP contribution in [0.1, 0.15) is 23.6 Å². The summed E-state index contributed by atoms with van der Waals surface area (Å²) in [7, 11) is 0. The van der Waals surface area contributed by atoms with E-state index in [0.717, 1.165) is 17.7 Å². The first kappa shape index (κ1) is 12.2. The summed E-state index contributed by atoms with van der Waals surface area (Å²) < 4.78 is 5.68. The van der Waals surface area contributed by atoms with Crippen molar-refractivity contribution in [3.63, 3.8) is 0 Å². The van der Waals surface area contributed by atoms with Gasteiger partial charge in [0.05, 0.1) is 11.6 Å². The van der Waals surface area contributed by atoms with Crippen molar-refractivity contribution in [1.29, 1.82) is 5.26 Å². The van der Waals surface area contributed by atoms with E-state index in [4.69, 9.17) is 10.00 Å². The van der Waals surface area contributed by atoms with Crippen LogP contribution in [0.2, 0.25) is 0 Å². The molecule has 0 N–H and O–H groups in total. The molecule has 0 amide bonds. The molecule has 0 unspecified atom stereocenters. The largest absolute Gasteiger partial charge is 0.489 e. The highest BCUT2D eigenvalue weighted by molar-refractivity contribution is 5.32. The first-order chi connectivity index (χ1) is 8.81. The van der Waals surface area contributed by atoms with Crippen LogP contribution in [0.25, 0.3) is 0 Å². The molecule has 2 aromatic rings. The van der Waals surface area contributed by atoms with Crippen molar-refractivity contribution in [3.05, 3.63) is 65.2 Å². The van der Waals surface area contributed by atoms with Crippen LogP contribution in [-0.4, -0.2) is 0 Å². The predicted octanol–water partition coefficient (Wildman–Crippen LogP) is 3.70. The van der Waals surface area contributed by atoms with Gasteiger partial charge >= 0.3 is 0 Å². The van der Waals surface area contributed by atoms with Gasteiger partial charge in [0.15, 0.2) is 0 Å². The van der Waals surface area contributed by atoms with Gasteiger partial charge in [0, 0.05) is 0 Å². The van der Waals surface area contributed by atoms with Crippen molar-refractivity contribution in [2.75, 3.05) is 0 Å². The average molecular weight is 237 g/mol. The van der Waals surface area contributed by atoms with Crippen molar-refractivity contribution >= 4 is 0 Å². The van der Waals surface area contributed by atoms with Gasteiger partial charge in [-0.05, 0) is 41.8 Å². The van der Waals surface area contributed by atoms with E-state index in [1.807, 2.05) is 24.3 Å². The lowest BCUT2D eigenvalue weighted by Crippen LogP contribution is -1.95. The van der Waals surface area contributed by atoms with Crippen LogP contribution in [0.15, 0.2) is 48.5 Å². The molecule has 90 valence electrons. The Morgan fingerprint density at radius 1 is 0.944 bits per heavy atom. The van der Waals surface area contributed by atoms with Crippen LogP contribution in [0.3, 0.4) is 0 Å².